The van der Waals surface area contributed by atoms with Gasteiger partial charge in [-0.25, -0.2) is 13.1 Å². The molecule has 1 aliphatic heterocycles. The first kappa shape index (κ1) is 25.4. The molecule has 2 aromatic rings. The van der Waals surface area contributed by atoms with Gasteiger partial charge in [0.2, 0.25) is 21.8 Å². The zero-order valence-corrected chi connectivity index (χ0v) is 21.0. The normalized spacial score (nSPS) is 20.3. The van der Waals surface area contributed by atoms with Crippen molar-refractivity contribution in [3.8, 4) is 0 Å². The topological polar surface area (TPSA) is 148 Å². The Balaban J connectivity index is 1.42. The van der Waals surface area contributed by atoms with Gasteiger partial charge in [0.05, 0.1) is 11.1 Å². The Morgan fingerprint density at radius 3 is 2.71 bits per heavy atom. The minimum atomic E-state index is -3.57. The molecule has 2 amide bonds. The molecule has 4 N–H and O–H groups in total. The molecule has 35 heavy (non-hydrogen) atoms. The Labute approximate surface area is 206 Å². The highest BCUT2D eigenvalue weighted by Crippen LogP contribution is 2.29. The summed E-state index contributed by atoms with van der Waals surface area (Å²) in [6.45, 7) is 2.26. The standard InChI is InChI=1S/C24H35N5O5S/c1-2-35(32,33)28-19(13-16-7-4-3-5-8-16)24(31)29-12-6-9-20(29)23(30)26-15-17-10-11-18-21(14-17)34-27-22(18)25/h10-11,14,16,19-20,28H,2-9,12-13,15H2,1H3,(H2,25,27)(H,26,30)/t19-,20+/m1/s1. The summed E-state index contributed by atoms with van der Waals surface area (Å²) in [7, 11) is -3.57. The molecule has 2 aliphatic rings. The molecule has 2 heterocycles. The van der Waals surface area contributed by atoms with Gasteiger partial charge in [-0.3, -0.25) is 9.59 Å². The Hall–Kier alpha value is -2.66. The maximum absolute atomic E-state index is 13.5. The van der Waals surface area contributed by atoms with Crippen molar-refractivity contribution in [1.82, 2.24) is 20.1 Å². The number of sulfonamides is 1. The third-order valence-corrected chi connectivity index (χ3v) is 8.57. The van der Waals surface area contributed by atoms with Crippen LogP contribution < -0.4 is 15.8 Å². The van der Waals surface area contributed by atoms with Gasteiger partial charge >= 0.3 is 0 Å². The number of aromatic nitrogens is 1. The van der Waals surface area contributed by atoms with Crippen molar-refractivity contribution in [2.75, 3.05) is 18.0 Å². The van der Waals surface area contributed by atoms with E-state index in [9.17, 15) is 18.0 Å². The van der Waals surface area contributed by atoms with Gasteiger partial charge < -0.3 is 20.5 Å². The van der Waals surface area contributed by atoms with E-state index in [2.05, 4.69) is 15.2 Å². The van der Waals surface area contributed by atoms with Crippen LogP contribution in [0.2, 0.25) is 0 Å². The molecular weight excluding hydrogens is 470 g/mol. The van der Waals surface area contributed by atoms with E-state index in [4.69, 9.17) is 10.3 Å². The monoisotopic (exact) mass is 505 g/mol. The van der Waals surface area contributed by atoms with Gasteiger partial charge in [0.25, 0.3) is 0 Å². The predicted octanol–water partition coefficient (Wildman–Crippen LogP) is 2.30. The maximum Gasteiger partial charge on any atom is 0.243 e. The number of fused-ring (bicyclic) bond motifs is 1. The molecule has 0 spiro atoms. The first-order valence-electron chi connectivity index (χ1n) is 12.5. The summed E-state index contributed by atoms with van der Waals surface area (Å²) < 4.78 is 32.5. The lowest BCUT2D eigenvalue weighted by Crippen LogP contribution is -2.54. The van der Waals surface area contributed by atoms with Crippen molar-refractivity contribution in [2.45, 2.75) is 76.9 Å². The van der Waals surface area contributed by atoms with Crippen LogP contribution in [0, 0.1) is 5.92 Å². The summed E-state index contributed by atoms with van der Waals surface area (Å²) in [4.78, 5) is 28.2. The molecule has 1 aromatic heterocycles. The van der Waals surface area contributed by atoms with Gasteiger partial charge in [0.15, 0.2) is 11.4 Å². The fraction of sp³-hybridized carbons (Fsp3) is 0.625. The molecule has 0 unspecified atom stereocenters. The van der Waals surface area contributed by atoms with Crippen LogP contribution in [0.4, 0.5) is 5.82 Å². The molecule has 1 aliphatic carbocycles. The molecule has 192 valence electrons. The van der Waals surface area contributed by atoms with Crippen molar-refractivity contribution < 1.29 is 22.5 Å². The van der Waals surface area contributed by atoms with Crippen molar-refractivity contribution in [2.24, 2.45) is 5.92 Å². The molecule has 10 nitrogen and oxygen atoms in total. The van der Waals surface area contributed by atoms with E-state index < -0.39 is 22.1 Å². The van der Waals surface area contributed by atoms with Gasteiger partial charge in [-0.1, -0.05) is 43.3 Å². The van der Waals surface area contributed by atoms with Crippen LogP contribution in [0.15, 0.2) is 22.7 Å². The number of nitrogens with two attached hydrogens (primary N) is 1. The van der Waals surface area contributed by atoms with E-state index in [1.807, 2.05) is 6.07 Å². The van der Waals surface area contributed by atoms with Crippen LogP contribution in [0.3, 0.4) is 0 Å². The predicted molar refractivity (Wildman–Crippen MR) is 133 cm³/mol. The van der Waals surface area contributed by atoms with Crippen molar-refractivity contribution in [1.29, 1.82) is 0 Å². The lowest BCUT2D eigenvalue weighted by Gasteiger charge is -2.31. The smallest absolute Gasteiger partial charge is 0.243 e. The highest BCUT2D eigenvalue weighted by molar-refractivity contribution is 7.89. The van der Waals surface area contributed by atoms with Crippen LogP contribution in [-0.4, -0.2) is 54.7 Å². The van der Waals surface area contributed by atoms with Crippen LogP contribution in [0.5, 0.6) is 0 Å². The molecular formula is C24H35N5O5S. The molecule has 1 saturated heterocycles. The Bertz CT molecular complexity index is 1160. The van der Waals surface area contributed by atoms with Crippen molar-refractivity contribution >= 4 is 38.6 Å². The zero-order chi connectivity index (χ0) is 25.0. The molecule has 1 saturated carbocycles. The van der Waals surface area contributed by atoms with Gasteiger partial charge in [-0.2, -0.15) is 0 Å². The summed E-state index contributed by atoms with van der Waals surface area (Å²) in [6.07, 6.45) is 7.12. The third-order valence-electron chi connectivity index (χ3n) is 7.16. The van der Waals surface area contributed by atoms with Gasteiger partial charge in [0.1, 0.15) is 12.1 Å². The lowest BCUT2D eigenvalue weighted by atomic mass is 9.84. The van der Waals surface area contributed by atoms with Crippen molar-refractivity contribution in [3.63, 3.8) is 0 Å². The Morgan fingerprint density at radius 1 is 1.20 bits per heavy atom. The minimum Gasteiger partial charge on any atom is -0.380 e. The molecule has 0 bridgehead atoms. The van der Waals surface area contributed by atoms with E-state index in [0.29, 0.717) is 48.5 Å². The summed E-state index contributed by atoms with van der Waals surface area (Å²) in [5.41, 5.74) is 7.12. The van der Waals surface area contributed by atoms with E-state index in [-0.39, 0.29) is 24.1 Å². The van der Waals surface area contributed by atoms with Gasteiger partial charge in [-0.15, -0.1) is 0 Å². The number of carbonyl (C=O) groups excluding carboxylic acids is 2. The number of carbonyl (C=O) groups is 2. The number of amides is 2. The second-order valence-corrected chi connectivity index (χ2v) is 11.7. The number of nitrogens with zero attached hydrogens (tertiary/aromatic N) is 2. The average molecular weight is 506 g/mol. The largest absolute Gasteiger partial charge is 0.380 e. The molecule has 11 heteroatoms. The van der Waals surface area contributed by atoms with E-state index in [1.165, 1.54) is 6.42 Å². The highest BCUT2D eigenvalue weighted by atomic mass is 32.2. The quantitative estimate of drug-likeness (QED) is 0.474. The van der Waals surface area contributed by atoms with Gasteiger partial charge in [-0.05, 0) is 49.8 Å². The second kappa shape index (κ2) is 10.9. The van der Waals surface area contributed by atoms with Crippen LogP contribution in [-0.2, 0) is 26.2 Å². The van der Waals surface area contributed by atoms with Crippen LogP contribution in [0.1, 0.15) is 63.9 Å². The molecule has 4 rings (SSSR count). The number of anilines is 1. The number of hydrogen-bond donors (Lipinski definition) is 3. The first-order valence-corrected chi connectivity index (χ1v) is 14.1. The maximum atomic E-state index is 13.5. The fourth-order valence-corrected chi connectivity index (χ4v) is 5.97. The Morgan fingerprint density at radius 2 is 1.97 bits per heavy atom. The fourth-order valence-electron chi connectivity index (χ4n) is 5.18. The highest BCUT2D eigenvalue weighted by Gasteiger charge is 2.39. The number of nitrogens with one attached hydrogen (secondary N) is 2. The van der Waals surface area contributed by atoms with E-state index in [1.54, 1.807) is 24.0 Å². The minimum absolute atomic E-state index is 0.0907. The lowest BCUT2D eigenvalue weighted by molar-refractivity contribution is -0.140. The summed E-state index contributed by atoms with van der Waals surface area (Å²) in [6, 6.07) is 3.95. The van der Waals surface area contributed by atoms with Crippen LogP contribution >= 0.6 is 0 Å². The number of nitrogen functional groups attached to an aromatic ring is 1. The number of benzene rings is 1. The molecule has 1 aromatic carbocycles. The molecule has 2 fully saturated rings. The average Bonchev–Trinajstić information content (AvgIpc) is 3.49. The number of hydrogen-bond acceptors (Lipinski definition) is 7. The zero-order valence-electron chi connectivity index (χ0n) is 20.2. The first-order chi connectivity index (χ1) is 16.8. The third kappa shape index (κ3) is 6.13. The van der Waals surface area contributed by atoms with E-state index >= 15 is 0 Å². The SMILES string of the molecule is CCS(=O)(=O)N[C@H](CC1CCCCC1)C(=O)N1CCC[C@H]1C(=O)NCc1ccc2c(N)noc2c1. The Kier molecular flexibility index (Phi) is 7.95. The van der Waals surface area contributed by atoms with Crippen LogP contribution in [0.25, 0.3) is 11.0 Å². The molecule has 0 radical (unpaired) electrons. The molecule has 2 atom stereocenters. The summed E-state index contributed by atoms with van der Waals surface area (Å²) in [5.74, 6) is -0.0111. The van der Waals surface area contributed by atoms with Crippen molar-refractivity contribution in [3.05, 3.63) is 23.8 Å². The summed E-state index contributed by atoms with van der Waals surface area (Å²) >= 11 is 0. The van der Waals surface area contributed by atoms with E-state index in [0.717, 1.165) is 31.2 Å². The summed E-state index contributed by atoms with van der Waals surface area (Å²) in [5, 5.41) is 7.36. The number of rotatable bonds is 9. The second-order valence-electron chi connectivity index (χ2n) is 9.62. The number of likely N-dealkylation sites (tertiary alicyclic amines) is 1. The van der Waals surface area contributed by atoms with Gasteiger partial charge in [0, 0.05) is 13.1 Å².